The number of carbonyl (C=O) groups is 2. The maximum Gasteiger partial charge on any atom is 0.287 e. The second kappa shape index (κ2) is 5.16. The highest BCUT2D eigenvalue weighted by Gasteiger charge is 2.25. The largest absolute Gasteiger partial charge is 0.369 e. The quantitative estimate of drug-likeness (QED) is 0.817. The van der Waals surface area contributed by atoms with Gasteiger partial charge in [0, 0.05) is 31.7 Å². The first-order chi connectivity index (χ1) is 8.56. The van der Waals surface area contributed by atoms with Crippen LogP contribution < -0.4 is 10.2 Å². The van der Waals surface area contributed by atoms with Crippen LogP contribution in [-0.4, -0.2) is 30.8 Å². The Kier molecular flexibility index (Phi) is 3.60. The molecular weight excluding hydrogens is 235 g/mol. The average molecular weight is 250 g/mol. The molecule has 1 aromatic carbocycles. The molecule has 0 aliphatic carbocycles. The Bertz CT molecular complexity index is 476. The zero-order chi connectivity index (χ0) is 13.1. The first kappa shape index (κ1) is 12.5. The van der Waals surface area contributed by atoms with Gasteiger partial charge in [0.1, 0.15) is 5.82 Å². The molecule has 1 amide bonds. The smallest absolute Gasteiger partial charge is 0.287 e. The zero-order valence-corrected chi connectivity index (χ0v) is 10.1. The summed E-state index contributed by atoms with van der Waals surface area (Å²) in [6.45, 7) is 2.59. The Morgan fingerprint density at radius 2 is 2.22 bits per heavy atom. The van der Waals surface area contributed by atoms with Crippen LogP contribution in [0.2, 0.25) is 0 Å². The van der Waals surface area contributed by atoms with Gasteiger partial charge in [-0.2, -0.15) is 0 Å². The number of rotatable bonds is 3. The van der Waals surface area contributed by atoms with E-state index in [1.54, 1.807) is 6.07 Å². The van der Waals surface area contributed by atoms with Gasteiger partial charge in [-0.05, 0) is 24.6 Å². The summed E-state index contributed by atoms with van der Waals surface area (Å²) in [6.07, 6.45) is 0.759. The number of hydrogen-bond acceptors (Lipinski definition) is 3. The molecule has 1 fully saturated rings. The van der Waals surface area contributed by atoms with Crippen LogP contribution in [0.25, 0.3) is 0 Å². The van der Waals surface area contributed by atoms with E-state index in [9.17, 15) is 14.0 Å². The predicted octanol–water partition coefficient (Wildman–Crippen LogP) is 1.11. The second-order valence-electron chi connectivity index (χ2n) is 4.44. The molecule has 2 rings (SSSR count). The van der Waals surface area contributed by atoms with Crippen LogP contribution in [0.3, 0.4) is 0 Å². The van der Waals surface area contributed by atoms with Crippen LogP contribution in [0.4, 0.5) is 10.1 Å². The number of Topliss-reactive ketones (excluding diaryl/α,β-unsaturated/α-hetero) is 1. The van der Waals surface area contributed by atoms with Crippen molar-refractivity contribution in [1.82, 2.24) is 5.32 Å². The predicted molar refractivity (Wildman–Crippen MR) is 65.8 cm³/mol. The van der Waals surface area contributed by atoms with Crippen molar-refractivity contribution in [1.29, 1.82) is 0 Å². The van der Waals surface area contributed by atoms with Gasteiger partial charge in [0.15, 0.2) is 0 Å². The van der Waals surface area contributed by atoms with E-state index in [0.29, 0.717) is 6.54 Å². The molecular formula is C13H15FN2O2. The summed E-state index contributed by atoms with van der Waals surface area (Å²) < 4.78 is 13.1. The number of amides is 1. The molecule has 1 N–H and O–H groups in total. The van der Waals surface area contributed by atoms with Crippen molar-refractivity contribution >= 4 is 17.4 Å². The number of nitrogens with zero attached hydrogens (tertiary/aromatic N) is 1. The van der Waals surface area contributed by atoms with E-state index < -0.39 is 11.7 Å². The summed E-state index contributed by atoms with van der Waals surface area (Å²) in [4.78, 5) is 24.1. The summed E-state index contributed by atoms with van der Waals surface area (Å²) in [5.74, 6) is -1.32. The third kappa shape index (κ3) is 2.85. The highest BCUT2D eigenvalue weighted by Crippen LogP contribution is 2.20. The van der Waals surface area contributed by atoms with E-state index in [1.165, 1.54) is 19.1 Å². The van der Waals surface area contributed by atoms with Crippen molar-refractivity contribution in [3.05, 3.63) is 30.1 Å². The van der Waals surface area contributed by atoms with E-state index in [4.69, 9.17) is 0 Å². The van der Waals surface area contributed by atoms with Crippen LogP contribution in [0.15, 0.2) is 24.3 Å². The Hall–Kier alpha value is -1.91. The normalized spacial score (nSPS) is 18.8. The minimum absolute atomic E-state index is 0.0512. The summed E-state index contributed by atoms with van der Waals surface area (Å²) in [5.41, 5.74) is 0.801. The van der Waals surface area contributed by atoms with Crippen molar-refractivity contribution < 1.29 is 14.0 Å². The third-order valence-corrected chi connectivity index (χ3v) is 3.02. The minimum Gasteiger partial charge on any atom is -0.369 e. The van der Waals surface area contributed by atoms with Gasteiger partial charge in [-0.3, -0.25) is 9.59 Å². The lowest BCUT2D eigenvalue weighted by molar-refractivity contribution is -0.137. The lowest BCUT2D eigenvalue weighted by Crippen LogP contribution is -2.40. The van der Waals surface area contributed by atoms with Gasteiger partial charge in [-0.15, -0.1) is 0 Å². The Balaban J connectivity index is 1.96. The standard InChI is InChI=1S/C13H15FN2O2/c1-9(17)13(18)15-11-5-6-16(8-11)12-4-2-3-10(14)7-12/h2-4,7,11H,5-6,8H2,1H3,(H,15,18). The van der Waals surface area contributed by atoms with E-state index in [1.807, 2.05) is 11.0 Å². The van der Waals surface area contributed by atoms with Gasteiger partial charge >= 0.3 is 0 Å². The van der Waals surface area contributed by atoms with Gasteiger partial charge in [0.2, 0.25) is 5.78 Å². The average Bonchev–Trinajstić information content (AvgIpc) is 2.77. The molecule has 0 saturated carbocycles. The molecule has 1 saturated heterocycles. The molecule has 1 atom stereocenters. The molecule has 18 heavy (non-hydrogen) atoms. The monoisotopic (exact) mass is 250 g/mol. The van der Waals surface area contributed by atoms with Crippen LogP contribution in [0.1, 0.15) is 13.3 Å². The minimum atomic E-state index is -0.555. The molecule has 1 aliphatic heterocycles. The van der Waals surface area contributed by atoms with E-state index in [2.05, 4.69) is 5.32 Å². The molecule has 1 heterocycles. The number of benzene rings is 1. The topological polar surface area (TPSA) is 49.4 Å². The van der Waals surface area contributed by atoms with Gasteiger partial charge in [0.25, 0.3) is 5.91 Å². The number of nitrogens with one attached hydrogen (secondary N) is 1. The fourth-order valence-electron chi connectivity index (χ4n) is 2.07. The molecule has 1 unspecified atom stereocenters. The van der Waals surface area contributed by atoms with Crippen molar-refractivity contribution in [3.63, 3.8) is 0 Å². The molecule has 4 nitrogen and oxygen atoms in total. The summed E-state index contributed by atoms with van der Waals surface area (Å²) in [5, 5.41) is 2.67. The van der Waals surface area contributed by atoms with E-state index in [0.717, 1.165) is 18.7 Å². The molecule has 0 bridgehead atoms. The number of hydrogen-bond donors (Lipinski definition) is 1. The summed E-state index contributed by atoms with van der Waals surface area (Å²) >= 11 is 0. The fourth-order valence-corrected chi connectivity index (χ4v) is 2.07. The Morgan fingerprint density at radius 3 is 2.89 bits per heavy atom. The van der Waals surface area contributed by atoms with E-state index >= 15 is 0 Å². The maximum atomic E-state index is 13.1. The molecule has 96 valence electrons. The molecule has 0 spiro atoms. The van der Waals surface area contributed by atoms with Crippen molar-refractivity contribution in [2.45, 2.75) is 19.4 Å². The van der Waals surface area contributed by atoms with Crippen LogP contribution in [0.5, 0.6) is 0 Å². The summed E-state index contributed by atoms with van der Waals surface area (Å²) in [7, 11) is 0. The first-order valence-corrected chi connectivity index (χ1v) is 5.88. The molecule has 0 aromatic heterocycles. The summed E-state index contributed by atoms with van der Waals surface area (Å²) in [6, 6.07) is 6.30. The fraction of sp³-hybridized carbons (Fsp3) is 0.385. The van der Waals surface area contributed by atoms with Gasteiger partial charge in [0.05, 0.1) is 0 Å². The van der Waals surface area contributed by atoms with Gasteiger partial charge in [-0.25, -0.2) is 4.39 Å². The van der Waals surface area contributed by atoms with Crippen molar-refractivity contribution in [2.24, 2.45) is 0 Å². The Labute approximate surface area is 105 Å². The molecule has 5 heteroatoms. The number of anilines is 1. The second-order valence-corrected chi connectivity index (χ2v) is 4.44. The highest BCUT2D eigenvalue weighted by atomic mass is 19.1. The van der Waals surface area contributed by atoms with Crippen LogP contribution in [0, 0.1) is 5.82 Å². The highest BCUT2D eigenvalue weighted by molar-refractivity contribution is 6.35. The zero-order valence-electron chi connectivity index (χ0n) is 10.1. The SMILES string of the molecule is CC(=O)C(=O)NC1CCN(c2cccc(F)c2)C1. The Morgan fingerprint density at radius 1 is 1.44 bits per heavy atom. The maximum absolute atomic E-state index is 13.1. The third-order valence-electron chi connectivity index (χ3n) is 3.02. The lowest BCUT2D eigenvalue weighted by atomic mass is 10.2. The van der Waals surface area contributed by atoms with Crippen LogP contribution >= 0.6 is 0 Å². The van der Waals surface area contributed by atoms with Crippen molar-refractivity contribution in [3.8, 4) is 0 Å². The lowest BCUT2D eigenvalue weighted by Gasteiger charge is -2.18. The van der Waals surface area contributed by atoms with Gasteiger partial charge < -0.3 is 10.2 Å². The first-order valence-electron chi connectivity index (χ1n) is 5.88. The molecule has 0 radical (unpaired) electrons. The molecule has 1 aromatic rings. The number of halogens is 1. The number of ketones is 1. The van der Waals surface area contributed by atoms with E-state index in [-0.39, 0.29) is 11.9 Å². The molecule has 1 aliphatic rings. The van der Waals surface area contributed by atoms with Crippen molar-refractivity contribution in [2.75, 3.05) is 18.0 Å². The van der Waals surface area contributed by atoms with Crippen LogP contribution in [-0.2, 0) is 9.59 Å². The van der Waals surface area contributed by atoms with Gasteiger partial charge in [-0.1, -0.05) is 6.07 Å². The number of carbonyl (C=O) groups excluding carboxylic acids is 2.